The van der Waals surface area contributed by atoms with E-state index in [4.69, 9.17) is 9.47 Å². The Morgan fingerprint density at radius 1 is 1.19 bits per heavy atom. The van der Waals surface area contributed by atoms with Gasteiger partial charge in [-0.1, -0.05) is 0 Å². The second-order valence-corrected chi connectivity index (χ2v) is 6.35. The fraction of sp³-hybridized carbons (Fsp3) is 0.600. The van der Waals surface area contributed by atoms with Gasteiger partial charge < -0.3 is 14.6 Å². The molecule has 1 aromatic carbocycles. The van der Waals surface area contributed by atoms with Crippen LogP contribution in [0.15, 0.2) is 16.6 Å². The Labute approximate surface area is 133 Å². The largest absolute Gasteiger partial charge is 0.495 e. The first kappa shape index (κ1) is 15.1. The highest BCUT2D eigenvalue weighted by atomic mass is 79.9. The number of fused-ring (bicyclic) bond motifs is 3. The summed E-state index contributed by atoms with van der Waals surface area (Å²) >= 11 is 3.50. The third kappa shape index (κ3) is 2.65. The zero-order chi connectivity index (χ0) is 15.0. The van der Waals surface area contributed by atoms with Crippen LogP contribution in [0.3, 0.4) is 0 Å². The van der Waals surface area contributed by atoms with Crippen molar-refractivity contribution in [2.75, 3.05) is 46.9 Å². The minimum atomic E-state index is -0.565. The topological polar surface area (TPSA) is 45.2 Å². The molecule has 3 heterocycles. The van der Waals surface area contributed by atoms with Gasteiger partial charge >= 0.3 is 0 Å². The van der Waals surface area contributed by atoms with Crippen molar-refractivity contribution in [1.29, 1.82) is 0 Å². The number of piperazine rings is 3. The molecule has 0 radical (unpaired) electrons. The van der Waals surface area contributed by atoms with E-state index in [1.54, 1.807) is 14.2 Å². The molecule has 21 heavy (non-hydrogen) atoms. The lowest BCUT2D eigenvalue weighted by atomic mass is 9.95. The van der Waals surface area contributed by atoms with Crippen molar-refractivity contribution in [3.63, 3.8) is 0 Å². The molecule has 6 heteroatoms. The number of benzene rings is 1. The molecule has 5 nitrogen and oxygen atoms in total. The molecule has 1 N–H and O–H groups in total. The number of rotatable bonds is 4. The molecule has 2 unspecified atom stereocenters. The average Bonchev–Trinajstić information content (AvgIpc) is 2.54. The van der Waals surface area contributed by atoms with Crippen LogP contribution < -0.4 is 9.47 Å². The Morgan fingerprint density at radius 2 is 1.90 bits per heavy atom. The van der Waals surface area contributed by atoms with Crippen LogP contribution in [0.25, 0.3) is 0 Å². The van der Waals surface area contributed by atoms with Crippen LogP contribution in [-0.4, -0.2) is 67.9 Å². The fourth-order valence-corrected chi connectivity index (χ4v) is 4.00. The summed E-state index contributed by atoms with van der Waals surface area (Å²) in [7, 11) is 3.24. The predicted molar refractivity (Wildman–Crippen MR) is 84.0 cm³/mol. The van der Waals surface area contributed by atoms with Crippen molar-refractivity contribution < 1.29 is 14.6 Å². The maximum absolute atomic E-state index is 10.9. The number of halogens is 1. The number of ether oxygens (including phenoxy) is 2. The Balaban J connectivity index is 1.91. The molecule has 3 aliphatic rings. The molecule has 0 amide bonds. The summed E-state index contributed by atoms with van der Waals surface area (Å²) in [4.78, 5) is 4.79. The van der Waals surface area contributed by atoms with E-state index < -0.39 is 6.10 Å². The number of aliphatic hydroxyl groups excluding tert-OH is 1. The van der Waals surface area contributed by atoms with Crippen molar-refractivity contribution in [2.24, 2.45) is 0 Å². The van der Waals surface area contributed by atoms with Gasteiger partial charge in [-0.25, -0.2) is 0 Å². The Kier molecular flexibility index (Phi) is 4.40. The van der Waals surface area contributed by atoms with E-state index in [1.807, 2.05) is 12.1 Å². The molecule has 0 spiro atoms. The first-order chi connectivity index (χ1) is 10.2. The summed E-state index contributed by atoms with van der Waals surface area (Å²) in [6, 6.07) is 3.88. The first-order valence-corrected chi connectivity index (χ1v) is 8.00. The van der Waals surface area contributed by atoms with E-state index >= 15 is 0 Å². The monoisotopic (exact) mass is 356 g/mol. The first-order valence-electron chi connectivity index (χ1n) is 7.20. The molecule has 116 valence electrons. The van der Waals surface area contributed by atoms with E-state index in [-0.39, 0.29) is 6.04 Å². The minimum Gasteiger partial charge on any atom is -0.495 e. The molecule has 4 rings (SSSR count). The Morgan fingerprint density at radius 3 is 2.43 bits per heavy atom. The molecule has 2 atom stereocenters. The van der Waals surface area contributed by atoms with Crippen LogP contribution in [0, 0.1) is 0 Å². The lowest BCUT2D eigenvalue weighted by Crippen LogP contribution is -2.62. The fourth-order valence-electron chi connectivity index (χ4n) is 3.32. The van der Waals surface area contributed by atoms with Crippen LogP contribution in [0.4, 0.5) is 0 Å². The Hall–Kier alpha value is -0.820. The zero-order valence-corrected chi connectivity index (χ0v) is 14.0. The molecule has 3 aliphatic heterocycles. The summed E-state index contributed by atoms with van der Waals surface area (Å²) in [6.07, 6.45) is -0.565. The summed E-state index contributed by atoms with van der Waals surface area (Å²) in [5.74, 6) is 1.36. The molecular formula is C15H21BrN2O3. The smallest absolute Gasteiger partial charge is 0.142 e. The molecule has 3 saturated heterocycles. The number of aliphatic hydroxyl groups is 1. The highest BCUT2D eigenvalue weighted by molar-refractivity contribution is 9.10. The molecular weight excluding hydrogens is 336 g/mol. The van der Waals surface area contributed by atoms with Crippen LogP contribution in [0.1, 0.15) is 11.7 Å². The summed E-state index contributed by atoms with van der Waals surface area (Å²) < 4.78 is 11.5. The lowest BCUT2D eigenvalue weighted by Gasteiger charge is -2.49. The van der Waals surface area contributed by atoms with Crippen LogP contribution in [-0.2, 0) is 0 Å². The van der Waals surface area contributed by atoms with E-state index in [0.717, 1.165) is 42.8 Å². The number of hydrogen-bond donors (Lipinski definition) is 1. The van der Waals surface area contributed by atoms with Gasteiger partial charge in [-0.3, -0.25) is 9.80 Å². The van der Waals surface area contributed by atoms with Crippen molar-refractivity contribution in [3.05, 3.63) is 22.2 Å². The standard InChI is InChI=1S/C15H21BrN2O3/c1-20-12-4-3-10(15(21-2)13(12)16)14(19)11-9-17-5-7-18(11)8-6-17/h3-4,11,14,19H,5-9H2,1-2H3. The van der Waals surface area contributed by atoms with Gasteiger partial charge in [0.2, 0.25) is 0 Å². The second kappa shape index (κ2) is 6.12. The van der Waals surface area contributed by atoms with Crippen LogP contribution in [0.2, 0.25) is 0 Å². The highest BCUT2D eigenvalue weighted by Gasteiger charge is 2.38. The second-order valence-electron chi connectivity index (χ2n) is 5.55. The maximum atomic E-state index is 10.9. The SMILES string of the molecule is COc1ccc(C(O)C2CN3CCN2CC3)c(OC)c1Br. The van der Waals surface area contributed by atoms with Crippen molar-refractivity contribution >= 4 is 15.9 Å². The number of methoxy groups -OCH3 is 2. The molecule has 0 saturated carbocycles. The van der Waals surface area contributed by atoms with Gasteiger partial charge in [0.15, 0.2) is 0 Å². The summed E-state index contributed by atoms with van der Waals surface area (Å²) in [6.45, 7) is 5.18. The van der Waals surface area contributed by atoms with E-state index in [2.05, 4.69) is 25.7 Å². The van der Waals surface area contributed by atoms with E-state index in [9.17, 15) is 5.11 Å². The zero-order valence-electron chi connectivity index (χ0n) is 12.4. The van der Waals surface area contributed by atoms with E-state index in [1.165, 1.54) is 0 Å². The minimum absolute atomic E-state index is 0.127. The molecule has 1 aromatic rings. The predicted octanol–water partition coefficient (Wildman–Crippen LogP) is 1.50. The van der Waals surface area contributed by atoms with Crippen molar-refractivity contribution in [1.82, 2.24) is 9.80 Å². The van der Waals surface area contributed by atoms with Gasteiger partial charge in [-0.2, -0.15) is 0 Å². The maximum Gasteiger partial charge on any atom is 0.142 e. The van der Waals surface area contributed by atoms with Crippen LogP contribution in [0.5, 0.6) is 11.5 Å². The quantitative estimate of drug-likeness (QED) is 0.885. The van der Waals surface area contributed by atoms with E-state index in [0.29, 0.717) is 11.5 Å². The lowest BCUT2D eigenvalue weighted by molar-refractivity contribution is -0.0476. The van der Waals surface area contributed by atoms with Gasteiger partial charge in [0.25, 0.3) is 0 Å². The molecule has 2 bridgehead atoms. The van der Waals surface area contributed by atoms with Crippen molar-refractivity contribution in [3.8, 4) is 11.5 Å². The van der Waals surface area contributed by atoms with Gasteiger partial charge in [-0.15, -0.1) is 0 Å². The molecule has 3 fully saturated rings. The third-order valence-electron chi connectivity index (χ3n) is 4.52. The van der Waals surface area contributed by atoms with Crippen LogP contribution >= 0.6 is 15.9 Å². The van der Waals surface area contributed by atoms with Gasteiger partial charge in [-0.05, 0) is 28.1 Å². The van der Waals surface area contributed by atoms with Gasteiger partial charge in [0, 0.05) is 38.3 Å². The molecule has 0 aromatic heterocycles. The third-order valence-corrected chi connectivity index (χ3v) is 5.27. The number of hydrogen-bond acceptors (Lipinski definition) is 5. The van der Waals surface area contributed by atoms with Crippen molar-refractivity contribution in [2.45, 2.75) is 12.1 Å². The summed E-state index contributed by atoms with van der Waals surface area (Å²) in [5, 5.41) is 10.9. The van der Waals surface area contributed by atoms with Gasteiger partial charge in [0.1, 0.15) is 16.0 Å². The Bertz CT molecular complexity index is 518. The normalized spacial score (nSPS) is 29.2. The van der Waals surface area contributed by atoms with Gasteiger partial charge in [0.05, 0.1) is 26.4 Å². The highest BCUT2D eigenvalue weighted by Crippen LogP contribution is 2.41. The summed E-state index contributed by atoms with van der Waals surface area (Å²) in [5.41, 5.74) is 0.809. The average molecular weight is 357 g/mol. The number of nitrogens with zero attached hydrogens (tertiary/aromatic N) is 2. The molecule has 0 aliphatic carbocycles.